The average Bonchev–Trinajstić information content (AvgIpc) is 2.17. The predicted molar refractivity (Wildman–Crippen MR) is 62.8 cm³/mol. The first-order valence-corrected chi connectivity index (χ1v) is 4.90. The number of hydrogen-bond acceptors (Lipinski definition) is 3. The number of nitrogens with one attached hydrogen (secondary N) is 1. The number of anilines is 1. The zero-order chi connectivity index (χ0) is 11.4. The minimum atomic E-state index is -0.0450. The third-order valence-electron chi connectivity index (χ3n) is 2.12. The van der Waals surface area contributed by atoms with Gasteiger partial charge in [0.2, 0.25) is 0 Å². The van der Waals surface area contributed by atoms with Crippen LogP contribution in [0.1, 0.15) is 5.56 Å². The summed E-state index contributed by atoms with van der Waals surface area (Å²) in [6.07, 6.45) is 0. The summed E-state index contributed by atoms with van der Waals surface area (Å²) in [6, 6.07) is 5.25. The van der Waals surface area contributed by atoms with Gasteiger partial charge in [0.15, 0.2) is 0 Å². The van der Waals surface area contributed by atoms with Gasteiger partial charge in [-0.15, -0.1) is 0 Å². The van der Waals surface area contributed by atoms with Crippen LogP contribution in [0.2, 0.25) is 5.02 Å². The van der Waals surface area contributed by atoms with E-state index in [2.05, 4.69) is 0 Å². The van der Waals surface area contributed by atoms with Crippen molar-refractivity contribution in [3.05, 3.63) is 28.8 Å². The fourth-order valence-electron chi connectivity index (χ4n) is 1.24. The van der Waals surface area contributed by atoms with Gasteiger partial charge < -0.3 is 15.7 Å². The van der Waals surface area contributed by atoms with Crippen molar-refractivity contribution >= 4 is 23.1 Å². The van der Waals surface area contributed by atoms with Crippen LogP contribution in [-0.4, -0.2) is 31.1 Å². The lowest BCUT2D eigenvalue weighted by Crippen LogP contribution is -2.21. The van der Waals surface area contributed by atoms with Crippen molar-refractivity contribution in [2.24, 2.45) is 5.73 Å². The van der Waals surface area contributed by atoms with Gasteiger partial charge >= 0.3 is 0 Å². The molecule has 0 radical (unpaired) electrons. The number of aliphatic hydroxyl groups is 1. The van der Waals surface area contributed by atoms with Crippen LogP contribution in [0.25, 0.3) is 0 Å². The smallest absolute Gasteiger partial charge is 0.124 e. The van der Waals surface area contributed by atoms with E-state index in [0.717, 1.165) is 5.69 Å². The van der Waals surface area contributed by atoms with Gasteiger partial charge in [-0.05, 0) is 18.2 Å². The van der Waals surface area contributed by atoms with E-state index in [4.69, 9.17) is 27.9 Å². The van der Waals surface area contributed by atoms with Gasteiger partial charge in [-0.25, -0.2) is 0 Å². The number of aliphatic hydroxyl groups excluding tert-OH is 1. The van der Waals surface area contributed by atoms with Gasteiger partial charge in [0, 0.05) is 24.8 Å². The Labute approximate surface area is 93.8 Å². The van der Waals surface area contributed by atoms with Crippen LogP contribution in [0.4, 0.5) is 5.69 Å². The van der Waals surface area contributed by atoms with Crippen LogP contribution in [-0.2, 0) is 0 Å². The third-order valence-corrected chi connectivity index (χ3v) is 2.43. The largest absolute Gasteiger partial charge is 0.395 e. The Morgan fingerprint density at radius 1 is 1.60 bits per heavy atom. The molecule has 1 rings (SSSR count). The maximum atomic E-state index is 8.78. The highest BCUT2D eigenvalue weighted by Gasteiger charge is 2.06. The first kappa shape index (κ1) is 11.8. The van der Waals surface area contributed by atoms with Crippen molar-refractivity contribution in [2.75, 3.05) is 25.1 Å². The summed E-state index contributed by atoms with van der Waals surface area (Å²) in [7, 11) is 1.86. The highest BCUT2D eigenvalue weighted by Crippen LogP contribution is 2.22. The summed E-state index contributed by atoms with van der Waals surface area (Å²) in [5.74, 6) is -0.0450. The number of nitrogens with zero attached hydrogens (tertiary/aromatic N) is 1. The molecule has 15 heavy (non-hydrogen) atoms. The lowest BCUT2D eigenvalue weighted by Gasteiger charge is -2.18. The SMILES string of the molecule is CN(CCO)c1ccc(C(=N)N)c(Cl)c1. The highest BCUT2D eigenvalue weighted by atomic mass is 35.5. The second-order valence-electron chi connectivity index (χ2n) is 3.22. The molecule has 0 bridgehead atoms. The maximum absolute atomic E-state index is 8.78. The monoisotopic (exact) mass is 227 g/mol. The van der Waals surface area contributed by atoms with Crippen LogP contribution >= 0.6 is 11.6 Å². The Hall–Kier alpha value is -1.26. The van der Waals surface area contributed by atoms with Crippen molar-refractivity contribution < 1.29 is 5.11 Å². The van der Waals surface area contributed by atoms with Gasteiger partial charge in [-0.1, -0.05) is 11.6 Å². The van der Waals surface area contributed by atoms with E-state index in [1.165, 1.54) is 0 Å². The van der Waals surface area contributed by atoms with Crippen LogP contribution in [0.5, 0.6) is 0 Å². The zero-order valence-corrected chi connectivity index (χ0v) is 9.25. The molecule has 4 N–H and O–H groups in total. The number of halogens is 1. The van der Waals surface area contributed by atoms with Crippen molar-refractivity contribution in [3.63, 3.8) is 0 Å². The van der Waals surface area contributed by atoms with Gasteiger partial charge in [-0.3, -0.25) is 5.41 Å². The molecular formula is C10H14ClN3O. The molecule has 0 aliphatic carbocycles. The molecule has 0 aromatic heterocycles. The Balaban J connectivity index is 2.96. The lowest BCUT2D eigenvalue weighted by atomic mass is 10.2. The number of hydrogen-bond donors (Lipinski definition) is 3. The number of amidine groups is 1. The highest BCUT2D eigenvalue weighted by molar-refractivity contribution is 6.34. The minimum Gasteiger partial charge on any atom is -0.395 e. The molecule has 5 heteroatoms. The molecule has 0 aliphatic heterocycles. The van der Waals surface area contributed by atoms with Crippen LogP contribution < -0.4 is 10.6 Å². The quantitative estimate of drug-likeness (QED) is 0.532. The summed E-state index contributed by atoms with van der Waals surface area (Å²) < 4.78 is 0. The standard InChI is InChI=1S/C10H14ClN3O/c1-14(4-5-15)7-2-3-8(10(12)13)9(11)6-7/h2-3,6,15H,4-5H2,1H3,(H3,12,13). The molecule has 82 valence electrons. The van der Waals surface area contributed by atoms with Gasteiger partial charge in [0.1, 0.15) is 5.84 Å². The zero-order valence-electron chi connectivity index (χ0n) is 8.50. The number of benzene rings is 1. The van der Waals surface area contributed by atoms with Crippen molar-refractivity contribution in [3.8, 4) is 0 Å². The van der Waals surface area contributed by atoms with E-state index in [0.29, 0.717) is 17.1 Å². The molecule has 0 heterocycles. The summed E-state index contributed by atoms with van der Waals surface area (Å²) in [4.78, 5) is 1.87. The van der Waals surface area contributed by atoms with E-state index >= 15 is 0 Å². The number of nitrogen functional groups attached to an aromatic ring is 1. The van der Waals surface area contributed by atoms with E-state index in [1.807, 2.05) is 18.0 Å². The summed E-state index contributed by atoms with van der Waals surface area (Å²) in [5, 5.41) is 16.5. The Morgan fingerprint density at radius 3 is 2.73 bits per heavy atom. The summed E-state index contributed by atoms with van der Waals surface area (Å²) >= 11 is 5.96. The Morgan fingerprint density at radius 2 is 2.27 bits per heavy atom. The number of nitrogens with two attached hydrogens (primary N) is 1. The van der Waals surface area contributed by atoms with Crippen molar-refractivity contribution in [1.82, 2.24) is 0 Å². The van der Waals surface area contributed by atoms with Gasteiger partial charge in [-0.2, -0.15) is 0 Å². The molecule has 4 nitrogen and oxygen atoms in total. The van der Waals surface area contributed by atoms with Crippen LogP contribution in [0.15, 0.2) is 18.2 Å². The molecule has 0 fully saturated rings. The molecule has 0 saturated carbocycles. The molecule has 0 amide bonds. The lowest BCUT2D eigenvalue weighted by molar-refractivity contribution is 0.304. The second kappa shape index (κ2) is 5.00. The topological polar surface area (TPSA) is 73.3 Å². The van der Waals surface area contributed by atoms with E-state index in [-0.39, 0.29) is 12.4 Å². The second-order valence-corrected chi connectivity index (χ2v) is 3.63. The molecule has 0 atom stereocenters. The molecular weight excluding hydrogens is 214 g/mol. The van der Waals surface area contributed by atoms with Crippen LogP contribution in [0, 0.1) is 5.41 Å². The van der Waals surface area contributed by atoms with E-state index in [9.17, 15) is 0 Å². The van der Waals surface area contributed by atoms with E-state index < -0.39 is 0 Å². The fraction of sp³-hybridized carbons (Fsp3) is 0.300. The van der Waals surface area contributed by atoms with Gasteiger partial charge in [0.25, 0.3) is 0 Å². The van der Waals surface area contributed by atoms with Crippen molar-refractivity contribution in [1.29, 1.82) is 5.41 Å². The Kier molecular flexibility index (Phi) is 3.94. The summed E-state index contributed by atoms with van der Waals surface area (Å²) in [5.41, 5.74) is 6.76. The molecule has 1 aromatic rings. The molecule has 0 aliphatic rings. The average molecular weight is 228 g/mol. The Bertz CT molecular complexity index is 368. The fourth-order valence-corrected chi connectivity index (χ4v) is 1.52. The normalized spacial score (nSPS) is 10.1. The number of rotatable bonds is 4. The molecule has 1 aromatic carbocycles. The molecule has 0 saturated heterocycles. The molecule has 0 unspecified atom stereocenters. The van der Waals surface area contributed by atoms with Crippen molar-refractivity contribution in [2.45, 2.75) is 0 Å². The van der Waals surface area contributed by atoms with E-state index in [1.54, 1.807) is 12.1 Å². The summed E-state index contributed by atoms with van der Waals surface area (Å²) in [6.45, 7) is 0.623. The third kappa shape index (κ3) is 2.84. The first-order valence-electron chi connectivity index (χ1n) is 4.52. The number of likely N-dealkylation sites (N-methyl/N-ethyl adjacent to an activating group) is 1. The minimum absolute atomic E-state index is 0.0450. The maximum Gasteiger partial charge on any atom is 0.124 e. The van der Waals surface area contributed by atoms with Crippen LogP contribution in [0.3, 0.4) is 0 Å². The molecule has 0 spiro atoms. The van der Waals surface area contributed by atoms with Gasteiger partial charge in [0.05, 0.1) is 11.6 Å². The first-order chi connectivity index (χ1) is 7.06. The predicted octanol–water partition coefficient (Wildman–Crippen LogP) is 1.05.